The summed E-state index contributed by atoms with van der Waals surface area (Å²) in [5.41, 5.74) is 14.6. The van der Waals surface area contributed by atoms with Crippen molar-refractivity contribution >= 4 is 65.0 Å². The number of hydrogen-bond donors (Lipinski definition) is 0. The summed E-state index contributed by atoms with van der Waals surface area (Å²) in [6, 6.07) is 67.1. The van der Waals surface area contributed by atoms with E-state index in [1.54, 1.807) is 0 Å². The van der Waals surface area contributed by atoms with Crippen LogP contribution in [0, 0.1) is 0 Å². The Morgan fingerprint density at radius 3 is 1.71 bits per heavy atom. The van der Waals surface area contributed by atoms with E-state index in [4.69, 9.17) is 4.42 Å². The Morgan fingerprint density at radius 1 is 0.375 bits per heavy atom. The zero-order valence-corrected chi connectivity index (χ0v) is 31.2. The molecule has 0 amide bonds. The van der Waals surface area contributed by atoms with Gasteiger partial charge >= 0.3 is 0 Å². The van der Waals surface area contributed by atoms with E-state index in [0.29, 0.717) is 0 Å². The molecule has 0 unspecified atom stereocenters. The van der Waals surface area contributed by atoms with Crippen molar-refractivity contribution in [3.63, 3.8) is 0 Å². The van der Waals surface area contributed by atoms with Gasteiger partial charge in [-0.2, -0.15) is 0 Å². The average molecular weight is 713 g/mol. The third-order valence-electron chi connectivity index (χ3n) is 12.6. The van der Waals surface area contributed by atoms with Gasteiger partial charge in [0, 0.05) is 21.6 Å². The van der Waals surface area contributed by atoms with Crippen LogP contribution in [0.25, 0.3) is 110 Å². The lowest BCUT2D eigenvalue weighted by atomic mass is 9.79. The van der Waals surface area contributed by atoms with E-state index in [-0.39, 0.29) is 5.41 Å². The average Bonchev–Trinajstić information content (AvgIpc) is 3.74. The van der Waals surface area contributed by atoms with Crippen molar-refractivity contribution in [2.75, 3.05) is 0 Å². The molecule has 10 aromatic carbocycles. The van der Waals surface area contributed by atoms with Crippen molar-refractivity contribution in [1.29, 1.82) is 0 Å². The van der Waals surface area contributed by atoms with Crippen molar-refractivity contribution in [3.05, 3.63) is 193 Å². The third kappa shape index (κ3) is 4.31. The van der Waals surface area contributed by atoms with Crippen LogP contribution < -0.4 is 0 Å². The summed E-state index contributed by atoms with van der Waals surface area (Å²) in [7, 11) is 0. The molecule has 0 aliphatic heterocycles. The molecule has 0 N–H and O–H groups in total. The smallest absolute Gasteiger partial charge is 0.143 e. The predicted octanol–water partition coefficient (Wildman–Crippen LogP) is 15.5. The van der Waals surface area contributed by atoms with Gasteiger partial charge in [-0.1, -0.05) is 178 Å². The second kappa shape index (κ2) is 11.5. The lowest BCUT2D eigenvalue weighted by molar-refractivity contribution is 0.656. The van der Waals surface area contributed by atoms with E-state index in [9.17, 15) is 0 Å². The first-order valence-corrected chi connectivity index (χ1v) is 19.6. The van der Waals surface area contributed by atoms with Gasteiger partial charge in [0.2, 0.25) is 0 Å². The maximum atomic E-state index is 6.62. The third-order valence-corrected chi connectivity index (χ3v) is 12.6. The van der Waals surface area contributed by atoms with Crippen molar-refractivity contribution in [2.24, 2.45) is 0 Å². The minimum atomic E-state index is -0.180. The highest BCUT2D eigenvalue weighted by atomic mass is 16.3. The molecule has 1 aromatic heterocycles. The molecule has 0 fully saturated rings. The van der Waals surface area contributed by atoms with Gasteiger partial charge < -0.3 is 4.42 Å². The van der Waals surface area contributed by atoms with Crippen LogP contribution in [-0.2, 0) is 5.41 Å². The maximum Gasteiger partial charge on any atom is 0.143 e. The Hall–Kier alpha value is -6.96. The van der Waals surface area contributed by atoms with Crippen LogP contribution in [0.1, 0.15) is 25.0 Å². The highest BCUT2D eigenvalue weighted by molar-refractivity contribution is 6.23. The van der Waals surface area contributed by atoms with Crippen molar-refractivity contribution in [3.8, 4) is 44.5 Å². The summed E-state index contributed by atoms with van der Waals surface area (Å²) in [4.78, 5) is 0. The summed E-state index contributed by atoms with van der Waals surface area (Å²) < 4.78 is 6.62. The molecule has 1 heterocycles. The highest BCUT2D eigenvalue weighted by Gasteiger charge is 2.38. The van der Waals surface area contributed by atoms with E-state index in [2.05, 4.69) is 196 Å². The second-order valence-electron chi connectivity index (χ2n) is 16.0. The van der Waals surface area contributed by atoms with E-state index in [1.165, 1.54) is 109 Å². The summed E-state index contributed by atoms with van der Waals surface area (Å²) in [5.74, 6) is 0. The van der Waals surface area contributed by atoms with E-state index in [1.807, 2.05) is 0 Å². The van der Waals surface area contributed by atoms with Crippen LogP contribution in [0.2, 0.25) is 0 Å². The first kappa shape index (κ1) is 31.4. The number of furan rings is 1. The van der Waals surface area contributed by atoms with Gasteiger partial charge in [0.05, 0.1) is 0 Å². The first-order chi connectivity index (χ1) is 27.5. The Labute approximate surface area is 325 Å². The summed E-state index contributed by atoms with van der Waals surface area (Å²) in [5, 5.41) is 12.4. The van der Waals surface area contributed by atoms with Gasteiger partial charge in [-0.25, -0.2) is 0 Å². The fourth-order valence-electron chi connectivity index (χ4n) is 10.1. The summed E-state index contributed by atoms with van der Waals surface area (Å²) in [6.07, 6.45) is 0. The molecule has 1 aliphatic rings. The minimum absolute atomic E-state index is 0.180. The number of fused-ring (bicyclic) bond motifs is 12. The molecule has 0 atom stereocenters. The quantitative estimate of drug-likeness (QED) is 0.166. The second-order valence-corrected chi connectivity index (χ2v) is 16.0. The Morgan fingerprint density at radius 2 is 0.964 bits per heavy atom. The summed E-state index contributed by atoms with van der Waals surface area (Å²) in [6.45, 7) is 4.74. The molecular weight excluding hydrogens is 677 g/mol. The molecule has 0 saturated heterocycles. The highest BCUT2D eigenvalue weighted by Crippen LogP contribution is 2.54. The molecule has 262 valence electrons. The lowest BCUT2D eigenvalue weighted by Gasteiger charge is -2.23. The fourth-order valence-corrected chi connectivity index (χ4v) is 10.1. The Bertz CT molecular complexity index is 3370. The molecule has 0 bridgehead atoms. The Balaban J connectivity index is 1.00. The van der Waals surface area contributed by atoms with Crippen molar-refractivity contribution in [2.45, 2.75) is 19.3 Å². The fraction of sp³-hybridized carbons (Fsp3) is 0.0545. The van der Waals surface area contributed by atoms with Gasteiger partial charge in [-0.05, 0) is 112 Å². The first-order valence-electron chi connectivity index (χ1n) is 19.6. The van der Waals surface area contributed by atoms with Crippen LogP contribution in [0.4, 0.5) is 0 Å². The molecule has 12 rings (SSSR count). The zero-order valence-electron chi connectivity index (χ0n) is 31.2. The van der Waals surface area contributed by atoms with E-state index < -0.39 is 0 Å². The van der Waals surface area contributed by atoms with E-state index in [0.717, 1.165) is 11.2 Å². The van der Waals surface area contributed by atoms with Gasteiger partial charge in [0.1, 0.15) is 11.2 Å². The topological polar surface area (TPSA) is 13.1 Å². The standard InChI is InChI=1S/C55H36O/c1-55(2)48-31-28-37(32-47(48)45-29-26-36-27-30-46-39-15-9-10-21-49(39)56-54(46)51(36)53(45)55)33-22-24-35(25-23-33)50-41-16-5-7-18-43(41)52(44-19-8-6-17-42(44)50)40-20-11-13-34-12-3-4-14-38(34)40/h3-32H,1-2H3. The van der Waals surface area contributed by atoms with Crippen LogP contribution in [-0.4, -0.2) is 0 Å². The molecule has 11 aromatic rings. The van der Waals surface area contributed by atoms with Crippen LogP contribution in [0.5, 0.6) is 0 Å². The minimum Gasteiger partial charge on any atom is -0.455 e. The number of para-hydroxylation sites is 1. The molecule has 0 spiro atoms. The lowest BCUT2D eigenvalue weighted by Crippen LogP contribution is -2.15. The number of hydrogen-bond acceptors (Lipinski definition) is 1. The predicted molar refractivity (Wildman–Crippen MR) is 238 cm³/mol. The maximum absolute atomic E-state index is 6.62. The van der Waals surface area contributed by atoms with Crippen molar-refractivity contribution in [1.82, 2.24) is 0 Å². The van der Waals surface area contributed by atoms with Gasteiger partial charge in [0.25, 0.3) is 0 Å². The van der Waals surface area contributed by atoms with Gasteiger partial charge in [0.15, 0.2) is 0 Å². The van der Waals surface area contributed by atoms with Gasteiger partial charge in [-0.3, -0.25) is 0 Å². The SMILES string of the molecule is CC1(C)c2ccc(-c3ccc(-c4c5ccccc5c(-c5cccc6ccccc56)c5ccccc45)cc3)cc2-c2ccc3ccc4c5ccccc5oc4c3c21. The molecular formula is C55H36O. The van der Waals surface area contributed by atoms with Gasteiger partial charge in [-0.15, -0.1) is 0 Å². The molecule has 1 heteroatoms. The Kier molecular flexibility index (Phi) is 6.46. The molecule has 0 radical (unpaired) electrons. The van der Waals surface area contributed by atoms with Crippen LogP contribution in [0.15, 0.2) is 186 Å². The normalized spacial score (nSPS) is 13.3. The molecule has 1 nitrogen and oxygen atoms in total. The molecule has 0 saturated carbocycles. The number of benzene rings is 10. The van der Waals surface area contributed by atoms with E-state index >= 15 is 0 Å². The monoisotopic (exact) mass is 712 g/mol. The summed E-state index contributed by atoms with van der Waals surface area (Å²) >= 11 is 0. The zero-order chi connectivity index (χ0) is 37.1. The van der Waals surface area contributed by atoms with Crippen LogP contribution in [0.3, 0.4) is 0 Å². The molecule has 56 heavy (non-hydrogen) atoms. The largest absolute Gasteiger partial charge is 0.455 e. The molecule has 1 aliphatic carbocycles. The van der Waals surface area contributed by atoms with Crippen molar-refractivity contribution < 1.29 is 4.42 Å². The number of rotatable bonds is 3. The van der Waals surface area contributed by atoms with Crippen LogP contribution >= 0.6 is 0 Å².